The molecule has 1 unspecified atom stereocenters. The standard InChI is InChI=1S/C61H40N2/c1-3-20-44(21-4-1)62(46-36-35-43-34-33-42-18-7-9-24-48(42)53(43)39-46)47-37-38-51-50-26-11-13-28-54(50)61(57(51)40-47)55-29-14-12-27-52(55)60-56(61)30-16-32-59(60)63(45-22-5-2-6-23-45)58-31-15-19-41-17-8-10-25-49(41)58/h1-40H. The van der Waals surface area contributed by atoms with E-state index in [4.69, 9.17) is 0 Å². The Morgan fingerprint density at radius 3 is 1.52 bits per heavy atom. The Labute approximate surface area is 367 Å². The second-order valence-electron chi connectivity index (χ2n) is 16.8. The van der Waals surface area contributed by atoms with Gasteiger partial charge in [0, 0.05) is 33.7 Å². The molecule has 0 aliphatic heterocycles. The maximum absolute atomic E-state index is 2.49. The summed E-state index contributed by atoms with van der Waals surface area (Å²) in [5.74, 6) is 0. The quantitative estimate of drug-likeness (QED) is 0.155. The molecule has 0 saturated heterocycles. The lowest BCUT2D eigenvalue weighted by atomic mass is 9.70. The van der Waals surface area contributed by atoms with E-state index >= 15 is 0 Å². The Bertz CT molecular complexity index is 3590. The molecule has 294 valence electrons. The monoisotopic (exact) mass is 800 g/mol. The van der Waals surface area contributed by atoms with Crippen LogP contribution >= 0.6 is 0 Å². The van der Waals surface area contributed by atoms with Gasteiger partial charge in [0.25, 0.3) is 0 Å². The number of anilines is 6. The fourth-order valence-corrected chi connectivity index (χ4v) is 11.0. The van der Waals surface area contributed by atoms with Crippen molar-refractivity contribution < 1.29 is 0 Å². The molecule has 2 aliphatic carbocycles. The summed E-state index contributed by atoms with van der Waals surface area (Å²) in [6, 6.07) is 89.7. The third-order valence-electron chi connectivity index (χ3n) is 13.6. The summed E-state index contributed by atoms with van der Waals surface area (Å²) in [6.45, 7) is 0. The van der Waals surface area contributed by atoms with Crippen molar-refractivity contribution in [3.05, 3.63) is 265 Å². The zero-order valence-electron chi connectivity index (χ0n) is 34.5. The predicted octanol–water partition coefficient (Wildman–Crippen LogP) is 16.4. The van der Waals surface area contributed by atoms with Crippen LogP contribution in [0.25, 0.3) is 54.6 Å². The summed E-state index contributed by atoms with van der Waals surface area (Å²) in [6.07, 6.45) is 0. The Hall–Kier alpha value is -8.20. The van der Waals surface area contributed by atoms with Crippen molar-refractivity contribution in [1.29, 1.82) is 0 Å². The van der Waals surface area contributed by atoms with Crippen molar-refractivity contribution in [3.63, 3.8) is 0 Å². The van der Waals surface area contributed by atoms with E-state index in [9.17, 15) is 0 Å². The molecule has 0 fully saturated rings. The van der Waals surface area contributed by atoms with Crippen LogP contribution in [0.5, 0.6) is 0 Å². The van der Waals surface area contributed by atoms with E-state index in [2.05, 4.69) is 252 Å². The van der Waals surface area contributed by atoms with Crippen LogP contribution in [0.3, 0.4) is 0 Å². The van der Waals surface area contributed by atoms with Crippen molar-refractivity contribution in [2.24, 2.45) is 0 Å². The third-order valence-corrected chi connectivity index (χ3v) is 13.6. The molecule has 2 heteroatoms. The van der Waals surface area contributed by atoms with Crippen LogP contribution in [0.2, 0.25) is 0 Å². The van der Waals surface area contributed by atoms with Crippen LogP contribution in [-0.2, 0) is 5.41 Å². The smallest absolute Gasteiger partial charge is 0.0727 e. The minimum Gasteiger partial charge on any atom is -0.310 e. The van der Waals surface area contributed by atoms with Crippen molar-refractivity contribution in [1.82, 2.24) is 0 Å². The summed E-state index contributed by atoms with van der Waals surface area (Å²) < 4.78 is 0. The van der Waals surface area contributed by atoms with Crippen LogP contribution in [0.4, 0.5) is 34.1 Å². The number of para-hydroxylation sites is 2. The first kappa shape index (κ1) is 35.5. The van der Waals surface area contributed by atoms with Gasteiger partial charge < -0.3 is 9.80 Å². The number of rotatable bonds is 6. The Morgan fingerprint density at radius 2 is 0.746 bits per heavy atom. The van der Waals surface area contributed by atoms with Gasteiger partial charge in [-0.1, -0.05) is 182 Å². The van der Waals surface area contributed by atoms with E-state index in [-0.39, 0.29) is 0 Å². The lowest BCUT2D eigenvalue weighted by molar-refractivity contribution is 0.793. The first-order valence-electron chi connectivity index (χ1n) is 21.8. The van der Waals surface area contributed by atoms with E-state index in [0.29, 0.717) is 0 Å². The molecular weight excluding hydrogens is 761 g/mol. The number of hydrogen-bond acceptors (Lipinski definition) is 2. The summed E-state index contributed by atoms with van der Waals surface area (Å²) >= 11 is 0. The highest BCUT2D eigenvalue weighted by atomic mass is 15.2. The minimum atomic E-state index is -0.563. The fraction of sp³-hybridized carbons (Fsp3) is 0.0164. The molecule has 0 radical (unpaired) electrons. The number of benzene rings is 11. The van der Waals surface area contributed by atoms with E-state index < -0.39 is 5.41 Å². The van der Waals surface area contributed by atoms with Crippen molar-refractivity contribution >= 4 is 66.4 Å². The Balaban J connectivity index is 1.08. The lowest BCUT2D eigenvalue weighted by Gasteiger charge is -2.33. The zero-order chi connectivity index (χ0) is 41.5. The normalized spacial score (nSPS) is 14.4. The molecule has 1 spiro atoms. The van der Waals surface area contributed by atoms with Gasteiger partial charge in [0.05, 0.1) is 16.8 Å². The molecule has 63 heavy (non-hydrogen) atoms. The number of fused-ring (bicyclic) bond motifs is 14. The molecular formula is C61H40N2. The largest absolute Gasteiger partial charge is 0.310 e. The first-order valence-corrected chi connectivity index (χ1v) is 21.8. The van der Waals surface area contributed by atoms with Gasteiger partial charge in [-0.3, -0.25) is 0 Å². The lowest BCUT2D eigenvalue weighted by Crippen LogP contribution is -2.26. The molecule has 11 aromatic rings. The van der Waals surface area contributed by atoms with Gasteiger partial charge in [0.2, 0.25) is 0 Å². The van der Waals surface area contributed by atoms with Crippen molar-refractivity contribution in [2.45, 2.75) is 5.41 Å². The summed E-state index contributed by atoms with van der Waals surface area (Å²) in [5.41, 5.74) is 16.5. The average molecular weight is 801 g/mol. The second kappa shape index (κ2) is 13.9. The third kappa shape index (κ3) is 5.19. The molecule has 13 rings (SSSR count). The molecule has 0 saturated carbocycles. The topological polar surface area (TPSA) is 6.48 Å². The van der Waals surface area contributed by atoms with Crippen LogP contribution in [0.1, 0.15) is 22.3 Å². The molecule has 1 atom stereocenters. The Morgan fingerprint density at radius 1 is 0.254 bits per heavy atom. The minimum absolute atomic E-state index is 0.563. The summed E-state index contributed by atoms with van der Waals surface area (Å²) in [4.78, 5) is 4.92. The van der Waals surface area contributed by atoms with E-state index in [1.807, 2.05) is 0 Å². The van der Waals surface area contributed by atoms with E-state index in [0.717, 1.165) is 34.1 Å². The molecule has 11 aromatic carbocycles. The maximum atomic E-state index is 2.49. The van der Waals surface area contributed by atoms with E-state index in [1.54, 1.807) is 0 Å². The van der Waals surface area contributed by atoms with Gasteiger partial charge in [0.15, 0.2) is 0 Å². The maximum Gasteiger partial charge on any atom is 0.0727 e. The van der Waals surface area contributed by atoms with Gasteiger partial charge in [-0.25, -0.2) is 0 Å². The van der Waals surface area contributed by atoms with Gasteiger partial charge in [-0.05, 0) is 127 Å². The van der Waals surface area contributed by atoms with Gasteiger partial charge in [-0.2, -0.15) is 0 Å². The first-order chi connectivity index (χ1) is 31.3. The summed E-state index contributed by atoms with van der Waals surface area (Å²) in [5, 5.41) is 7.42. The van der Waals surface area contributed by atoms with Gasteiger partial charge in [0.1, 0.15) is 0 Å². The molecule has 0 amide bonds. The fourth-order valence-electron chi connectivity index (χ4n) is 11.0. The molecule has 0 N–H and O–H groups in total. The highest BCUT2D eigenvalue weighted by Crippen LogP contribution is 2.65. The SMILES string of the molecule is c1ccc(N(c2ccc3c(c2)C2(c4ccccc4-3)c3ccccc3-c3c(N(c4ccccc4)c4cccc5ccccc45)cccc32)c2ccc3ccc4ccccc4c3c2)cc1. The molecule has 0 bridgehead atoms. The van der Waals surface area contributed by atoms with Crippen LogP contribution in [0.15, 0.2) is 243 Å². The molecule has 0 aromatic heterocycles. The van der Waals surface area contributed by atoms with Crippen molar-refractivity contribution in [2.75, 3.05) is 9.80 Å². The van der Waals surface area contributed by atoms with Gasteiger partial charge in [-0.15, -0.1) is 0 Å². The number of hydrogen-bond donors (Lipinski definition) is 0. The predicted molar refractivity (Wildman–Crippen MR) is 265 cm³/mol. The zero-order valence-corrected chi connectivity index (χ0v) is 34.5. The van der Waals surface area contributed by atoms with Crippen LogP contribution < -0.4 is 9.80 Å². The molecule has 2 nitrogen and oxygen atoms in total. The number of nitrogens with zero attached hydrogens (tertiary/aromatic N) is 2. The van der Waals surface area contributed by atoms with Gasteiger partial charge >= 0.3 is 0 Å². The summed E-state index contributed by atoms with van der Waals surface area (Å²) in [7, 11) is 0. The molecule has 0 heterocycles. The highest BCUT2D eigenvalue weighted by Gasteiger charge is 2.52. The molecule has 2 aliphatic rings. The van der Waals surface area contributed by atoms with Crippen LogP contribution in [0, 0.1) is 0 Å². The average Bonchev–Trinajstić information content (AvgIpc) is 3.82. The van der Waals surface area contributed by atoms with Crippen molar-refractivity contribution in [3.8, 4) is 22.3 Å². The Kier molecular flexibility index (Phi) is 7.85. The van der Waals surface area contributed by atoms with Crippen LogP contribution in [-0.4, -0.2) is 0 Å². The van der Waals surface area contributed by atoms with E-state index in [1.165, 1.54) is 76.8 Å². The highest BCUT2D eigenvalue weighted by molar-refractivity contribution is 6.09. The second-order valence-corrected chi connectivity index (χ2v) is 16.8.